The van der Waals surface area contributed by atoms with Crippen molar-refractivity contribution in [1.29, 1.82) is 0 Å². The van der Waals surface area contributed by atoms with Crippen LogP contribution in [0.2, 0.25) is 5.02 Å². The van der Waals surface area contributed by atoms with Crippen molar-refractivity contribution in [2.75, 3.05) is 5.32 Å². The molecule has 5 rings (SSSR count). The highest BCUT2D eigenvalue weighted by Gasteiger charge is 2.19. The summed E-state index contributed by atoms with van der Waals surface area (Å²) >= 11 is 6.34. The van der Waals surface area contributed by atoms with Crippen molar-refractivity contribution in [3.63, 3.8) is 0 Å². The zero-order valence-corrected chi connectivity index (χ0v) is 17.1. The predicted molar refractivity (Wildman–Crippen MR) is 118 cm³/mol. The molecule has 2 aromatic carbocycles. The Morgan fingerprint density at radius 2 is 1.97 bits per heavy atom. The summed E-state index contributed by atoms with van der Waals surface area (Å²) in [6.45, 7) is 1.89. The van der Waals surface area contributed by atoms with Gasteiger partial charge in [0.1, 0.15) is 17.7 Å². The molecule has 1 unspecified atom stereocenters. The molecule has 0 spiro atoms. The topological polar surface area (TPSA) is 88.5 Å². The molecule has 0 bridgehead atoms. The molecule has 3 heterocycles. The molecule has 1 atom stereocenters. The smallest absolute Gasteiger partial charge is 0.264 e. The first-order valence-corrected chi connectivity index (χ1v) is 9.91. The van der Waals surface area contributed by atoms with E-state index in [1.54, 1.807) is 24.3 Å². The number of fused-ring (bicyclic) bond motifs is 2. The van der Waals surface area contributed by atoms with Gasteiger partial charge < -0.3 is 10.3 Å². The van der Waals surface area contributed by atoms with E-state index in [9.17, 15) is 9.18 Å². The number of aromatic amines is 1. The number of halogens is 2. The molecule has 3 aromatic heterocycles. The van der Waals surface area contributed by atoms with Crippen LogP contribution in [0, 0.1) is 5.82 Å². The van der Waals surface area contributed by atoms with Crippen molar-refractivity contribution in [2.45, 2.75) is 13.0 Å². The van der Waals surface area contributed by atoms with E-state index < -0.39 is 5.82 Å². The molecule has 0 radical (unpaired) electrons. The van der Waals surface area contributed by atoms with Gasteiger partial charge in [-0.15, -0.1) is 0 Å². The lowest BCUT2D eigenvalue weighted by atomic mass is 10.1. The number of pyridine rings is 1. The van der Waals surface area contributed by atoms with E-state index in [1.165, 1.54) is 29.4 Å². The molecular formula is C22H16ClFN6O. The monoisotopic (exact) mass is 434 g/mol. The average molecular weight is 435 g/mol. The Hall–Kier alpha value is -3.78. The van der Waals surface area contributed by atoms with E-state index in [0.717, 1.165) is 0 Å². The first-order valence-electron chi connectivity index (χ1n) is 9.53. The summed E-state index contributed by atoms with van der Waals surface area (Å²) in [6.07, 6.45) is 2.95. The predicted octanol–water partition coefficient (Wildman–Crippen LogP) is 4.62. The Morgan fingerprint density at radius 1 is 1.13 bits per heavy atom. The zero-order valence-electron chi connectivity index (χ0n) is 16.3. The van der Waals surface area contributed by atoms with Gasteiger partial charge in [-0.25, -0.2) is 19.3 Å². The van der Waals surface area contributed by atoms with Gasteiger partial charge >= 0.3 is 0 Å². The number of imidazole rings is 1. The average Bonchev–Trinajstić information content (AvgIpc) is 3.23. The first-order chi connectivity index (χ1) is 15.0. The highest BCUT2D eigenvalue weighted by Crippen LogP contribution is 2.28. The van der Waals surface area contributed by atoms with Gasteiger partial charge in [0.05, 0.1) is 28.5 Å². The SMILES string of the molecule is CC(Nc1ncnc2nc[nH]c12)c1cc2cccc(Cl)c2c(=O)n1-c1cccc(F)c1. The van der Waals surface area contributed by atoms with E-state index in [4.69, 9.17) is 11.6 Å². The van der Waals surface area contributed by atoms with Crippen molar-refractivity contribution in [3.8, 4) is 5.69 Å². The van der Waals surface area contributed by atoms with Gasteiger partial charge in [-0.05, 0) is 42.6 Å². The summed E-state index contributed by atoms with van der Waals surface area (Å²) < 4.78 is 15.5. The standard InChI is InChI=1S/C22H16ClFN6O/c1-12(29-21-19-20(26-10-25-19)27-11-28-21)17-8-13-4-2-7-16(23)18(13)22(31)30(17)15-6-3-5-14(24)9-15/h2-12H,1H3,(H2,25,26,27,28,29). The van der Waals surface area contributed by atoms with Gasteiger partial charge in [-0.2, -0.15) is 0 Å². The molecule has 0 saturated carbocycles. The summed E-state index contributed by atoms with van der Waals surface area (Å²) in [5.41, 5.74) is 1.88. The van der Waals surface area contributed by atoms with E-state index in [1.807, 2.05) is 19.1 Å². The number of nitrogens with one attached hydrogen (secondary N) is 2. The van der Waals surface area contributed by atoms with E-state index >= 15 is 0 Å². The summed E-state index contributed by atoms with van der Waals surface area (Å²) in [5.74, 6) is 0.101. The third-order valence-corrected chi connectivity index (χ3v) is 5.43. The Labute approximate surface area is 180 Å². The van der Waals surface area contributed by atoms with Gasteiger partial charge in [0.25, 0.3) is 5.56 Å². The number of hydrogen-bond donors (Lipinski definition) is 2. The van der Waals surface area contributed by atoms with Crippen LogP contribution >= 0.6 is 11.6 Å². The van der Waals surface area contributed by atoms with Crippen molar-refractivity contribution >= 4 is 39.4 Å². The summed E-state index contributed by atoms with van der Waals surface area (Å²) in [6, 6.07) is 12.7. The molecule has 0 amide bonds. The summed E-state index contributed by atoms with van der Waals surface area (Å²) in [5, 5.41) is 4.73. The summed E-state index contributed by atoms with van der Waals surface area (Å²) in [4.78, 5) is 29.1. The largest absolute Gasteiger partial charge is 0.360 e. The first kappa shape index (κ1) is 19.2. The third-order valence-electron chi connectivity index (χ3n) is 5.11. The van der Waals surface area contributed by atoms with E-state index in [2.05, 4.69) is 25.3 Å². The molecule has 7 nitrogen and oxygen atoms in total. The van der Waals surface area contributed by atoms with Gasteiger partial charge in [-0.1, -0.05) is 29.8 Å². The van der Waals surface area contributed by atoms with Crippen LogP contribution in [0.25, 0.3) is 27.6 Å². The van der Waals surface area contributed by atoms with Gasteiger partial charge in [0.2, 0.25) is 0 Å². The molecule has 0 aliphatic heterocycles. The van der Waals surface area contributed by atoms with Crippen LogP contribution in [0.3, 0.4) is 0 Å². The second-order valence-corrected chi connectivity index (χ2v) is 7.49. The molecule has 0 aliphatic rings. The third kappa shape index (κ3) is 3.30. The second-order valence-electron chi connectivity index (χ2n) is 7.08. The maximum Gasteiger partial charge on any atom is 0.264 e. The number of benzene rings is 2. The van der Waals surface area contributed by atoms with Crippen molar-refractivity contribution in [3.05, 3.63) is 88.1 Å². The normalized spacial score (nSPS) is 12.4. The van der Waals surface area contributed by atoms with Crippen LogP contribution in [0.1, 0.15) is 18.7 Å². The van der Waals surface area contributed by atoms with Crippen molar-refractivity contribution in [2.24, 2.45) is 0 Å². The minimum Gasteiger partial charge on any atom is -0.360 e. The van der Waals surface area contributed by atoms with Crippen LogP contribution in [0.15, 0.2) is 66.0 Å². The number of H-pyrrole nitrogens is 1. The van der Waals surface area contributed by atoms with E-state index in [0.29, 0.717) is 44.2 Å². The molecule has 9 heteroatoms. The van der Waals surface area contributed by atoms with Crippen molar-refractivity contribution in [1.82, 2.24) is 24.5 Å². The van der Waals surface area contributed by atoms with Crippen LogP contribution in [-0.2, 0) is 0 Å². The van der Waals surface area contributed by atoms with Gasteiger partial charge in [-0.3, -0.25) is 9.36 Å². The fraction of sp³-hybridized carbons (Fsp3) is 0.0909. The number of aromatic nitrogens is 5. The maximum atomic E-state index is 14.0. The molecule has 154 valence electrons. The maximum absolute atomic E-state index is 14.0. The lowest BCUT2D eigenvalue weighted by Gasteiger charge is -2.21. The lowest BCUT2D eigenvalue weighted by molar-refractivity contribution is 0.625. The number of nitrogens with zero attached hydrogens (tertiary/aromatic N) is 4. The minimum atomic E-state index is -0.440. The fourth-order valence-electron chi connectivity index (χ4n) is 3.69. The number of rotatable bonds is 4. The van der Waals surface area contributed by atoms with E-state index in [-0.39, 0.29) is 11.6 Å². The Kier molecular flexibility index (Phi) is 4.63. The van der Waals surface area contributed by atoms with Crippen LogP contribution in [0.4, 0.5) is 10.2 Å². The molecule has 0 fully saturated rings. The number of anilines is 1. The zero-order chi connectivity index (χ0) is 21.5. The Morgan fingerprint density at radius 3 is 2.81 bits per heavy atom. The molecular weight excluding hydrogens is 419 g/mol. The summed E-state index contributed by atoms with van der Waals surface area (Å²) in [7, 11) is 0. The fourth-order valence-corrected chi connectivity index (χ4v) is 3.96. The molecule has 5 aromatic rings. The number of hydrogen-bond acceptors (Lipinski definition) is 5. The highest BCUT2D eigenvalue weighted by atomic mass is 35.5. The van der Waals surface area contributed by atoms with Crippen LogP contribution in [0.5, 0.6) is 0 Å². The highest BCUT2D eigenvalue weighted by molar-refractivity contribution is 6.35. The Balaban J connectivity index is 1.72. The van der Waals surface area contributed by atoms with Crippen LogP contribution in [-0.4, -0.2) is 24.5 Å². The van der Waals surface area contributed by atoms with Gasteiger partial charge in [0.15, 0.2) is 11.5 Å². The molecule has 2 N–H and O–H groups in total. The lowest BCUT2D eigenvalue weighted by Crippen LogP contribution is -2.26. The second kappa shape index (κ2) is 7.48. The van der Waals surface area contributed by atoms with Crippen molar-refractivity contribution < 1.29 is 4.39 Å². The molecule has 0 aliphatic carbocycles. The van der Waals surface area contributed by atoms with Crippen LogP contribution < -0.4 is 10.9 Å². The quantitative estimate of drug-likeness (QED) is 0.431. The Bertz CT molecular complexity index is 1490. The molecule has 0 saturated heterocycles. The minimum absolute atomic E-state index is 0.327. The molecule has 31 heavy (non-hydrogen) atoms. The van der Waals surface area contributed by atoms with Gasteiger partial charge in [0, 0.05) is 5.69 Å².